The summed E-state index contributed by atoms with van der Waals surface area (Å²) in [5.74, 6) is 0.791. The van der Waals surface area contributed by atoms with E-state index in [9.17, 15) is 0 Å². The van der Waals surface area contributed by atoms with Gasteiger partial charge >= 0.3 is 0 Å². The summed E-state index contributed by atoms with van der Waals surface area (Å²) >= 11 is 0. The second kappa shape index (κ2) is 7.12. The lowest BCUT2D eigenvalue weighted by atomic mass is 9.95. The van der Waals surface area contributed by atoms with Crippen LogP contribution in [-0.4, -0.2) is 19.6 Å². The Labute approximate surface area is 124 Å². The maximum absolute atomic E-state index is 3.71. The molecule has 20 heavy (non-hydrogen) atoms. The number of aryl methyl sites for hydroxylation is 1. The van der Waals surface area contributed by atoms with Crippen molar-refractivity contribution in [2.45, 2.75) is 59.0 Å². The fraction of sp³-hybridized carbons (Fsp3) is 0.667. The van der Waals surface area contributed by atoms with Crippen molar-refractivity contribution in [1.82, 2.24) is 5.32 Å². The number of benzene rings is 1. The van der Waals surface area contributed by atoms with Crippen molar-refractivity contribution in [1.29, 1.82) is 0 Å². The Morgan fingerprint density at radius 2 is 2.00 bits per heavy atom. The van der Waals surface area contributed by atoms with E-state index >= 15 is 0 Å². The van der Waals surface area contributed by atoms with Crippen molar-refractivity contribution >= 4 is 5.69 Å². The van der Waals surface area contributed by atoms with Crippen molar-refractivity contribution in [2.24, 2.45) is 5.92 Å². The maximum atomic E-state index is 3.71. The molecule has 1 unspecified atom stereocenters. The third-order valence-corrected chi connectivity index (χ3v) is 4.88. The van der Waals surface area contributed by atoms with Crippen molar-refractivity contribution < 1.29 is 0 Å². The molecule has 0 aliphatic carbocycles. The van der Waals surface area contributed by atoms with E-state index in [0.29, 0.717) is 6.04 Å². The number of hydrogen-bond donors (Lipinski definition) is 1. The maximum Gasteiger partial charge on any atom is 0.0396 e. The summed E-state index contributed by atoms with van der Waals surface area (Å²) in [6, 6.07) is 7.58. The van der Waals surface area contributed by atoms with Crippen LogP contribution in [-0.2, 0) is 13.0 Å². The summed E-state index contributed by atoms with van der Waals surface area (Å²) in [6.45, 7) is 9.09. The van der Waals surface area contributed by atoms with Gasteiger partial charge in [-0.25, -0.2) is 0 Å². The van der Waals surface area contributed by atoms with Crippen molar-refractivity contribution in [3.63, 3.8) is 0 Å². The minimum atomic E-state index is 0.601. The number of nitrogens with zero attached hydrogens (tertiary/aromatic N) is 1. The molecular formula is C18H30N2. The van der Waals surface area contributed by atoms with Crippen molar-refractivity contribution in [2.75, 3.05) is 18.5 Å². The fourth-order valence-electron chi connectivity index (χ4n) is 3.39. The summed E-state index contributed by atoms with van der Waals surface area (Å²) in [5.41, 5.74) is 4.37. The molecule has 0 spiro atoms. The summed E-state index contributed by atoms with van der Waals surface area (Å²) < 4.78 is 0. The van der Waals surface area contributed by atoms with E-state index in [1.807, 2.05) is 0 Å². The second-order valence-corrected chi connectivity index (χ2v) is 6.23. The van der Waals surface area contributed by atoms with E-state index in [0.717, 1.165) is 12.5 Å². The highest BCUT2D eigenvalue weighted by atomic mass is 15.1. The van der Waals surface area contributed by atoms with Crippen LogP contribution >= 0.6 is 0 Å². The molecule has 1 aromatic rings. The Morgan fingerprint density at radius 1 is 1.25 bits per heavy atom. The zero-order chi connectivity index (χ0) is 14.5. The van der Waals surface area contributed by atoms with Crippen molar-refractivity contribution in [3.05, 3.63) is 29.3 Å². The van der Waals surface area contributed by atoms with E-state index in [2.05, 4.69) is 56.2 Å². The molecule has 1 atom stereocenters. The molecule has 0 fully saturated rings. The van der Waals surface area contributed by atoms with Gasteiger partial charge in [0.25, 0.3) is 0 Å². The second-order valence-electron chi connectivity index (χ2n) is 6.23. The van der Waals surface area contributed by atoms with E-state index in [1.165, 1.54) is 49.0 Å². The molecule has 1 aliphatic heterocycles. The Balaban J connectivity index is 1.97. The number of rotatable bonds is 6. The standard InChI is InChI=1S/C18H30N2/c1-5-16(6-2)14(3)19-13-15-9-10-18-17(12-15)8-7-11-20(18)4/h9-10,12,14,16,19H,5-8,11,13H2,1-4H3. The van der Waals surface area contributed by atoms with Gasteiger partial charge in [0.1, 0.15) is 0 Å². The predicted octanol–water partition coefficient (Wildman–Crippen LogP) is 3.98. The molecule has 1 heterocycles. The van der Waals surface area contributed by atoms with E-state index < -0.39 is 0 Å². The summed E-state index contributed by atoms with van der Waals surface area (Å²) in [4.78, 5) is 2.38. The zero-order valence-electron chi connectivity index (χ0n) is 13.6. The number of hydrogen-bond acceptors (Lipinski definition) is 2. The molecule has 2 heteroatoms. The fourth-order valence-corrected chi connectivity index (χ4v) is 3.39. The van der Waals surface area contributed by atoms with Gasteiger partial charge in [0.2, 0.25) is 0 Å². The van der Waals surface area contributed by atoms with Crippen LogP contribution < -0.4 is 10.2 Å². The van der Waals surface area contributed by atoms with Crippen LogP contribution in [0.5, 0.6) is 0 Å². The molecule has 2 rings (SSSR count). The van der Waals surface area contributed by atoms with Gasteiger partial charge in [-0.3, -0.25) is 0 Å². The third-order valence-electron chi connectivity index (χ3n) is 4.88. The van der Waals surface area contributed by atoms with E-state index in [-0.39, 0.29) is 0 Å². The number of anilines is 1. The van der Waals surface area contributed by atoms with Gasteiger partial charge in [-0.1, -0.05) is 38.8 Å². The monoisotopic (exact) mass is 274 g/mol. The largest absolute Gasteiger partial charge is 0.374 e. The first kappa shape index (κ1) is 15.4. The van der Waals surface area contributed by atoms with Gasteiger partial charge in [-0.05, 0) is 42.9 Å². The third kappa shape index (κ3) is 3.54. The van der Waals surface area contributed by atoms with Gasteiger partial charge in [0, 0.05) is 31.9 Å². The molecule has 0 amide bonds. The lowest BCUT2D eigenvalue weighted by molar-refractivity contribution is 0.353. The lowest BCUT2D eigenvalue weighted by Gasteiger charge is -2.28. The SMILES string of the molecule is CCC(CC)C(C)NCc1ccc2c(c1)CCCN2C. The molecule has 0 radical (unpaired) electrons. The Hall–Kier alpha value is -1.02. The van der Waals surface area contributed by atoms with Crippen LogP contribution in [0.15, 0.2) is 18.2 Å². The molecule has 112 valence electrons. The highest BCUT2D eigenvalue weighted by Gasteiger charge is 2.15. The van der Waals surface area contributed by atoms with Gasteiger partial charge in [-0.2, -0.15) is 0 Å². The van der Waals surface area contributed by atoms with Crippen LogP contribution in [0.25, 0.3) is 0 Å². The van der Waals surface area contributed by atoms with E-state index in [4.69, 9.17) is 0 Å². The van der Waals surface area contributed by atoms with Crippen molar-refractivity contribution in [3.8, 4) is 0 Å². The molecule has 2 nitrogen and oxygen atoms in total. The lowest BCUT2D eigenvalue weighted by Crippen LogP contribution is -2.32. The average molecular weight is 274 g/mol. The topological polar surface area (TPSA) is 15.3 Å². The predicted molar refractivity (Wildman–Crippen MR) is 88.4 cm³/mol. The molecule has 0 saturated carbocycles. The molecule has 0 aromatic heterocycles. The van der Waals surface area contributed by atoms with Crippen LogP contribution in [0.1, 0.15) is 51.2 Å². The quantitative estimate of drug-likeness (QED) is 0.844. The number of nitrogens with one attached hydrogen (secondary N) is 1. The molecular weight excluding hydrogens is 244 g/mol. The van der Waals surface area contributed by atoms with Gasteiger partial charge in [0.15, 0.2) is 0 Å². The van der Waals surface area contributed by atoms with Crippen LogP contribution in [0.4, 0.5) is 5.69 Å². The Morgan fingerprint density at radius 3 is 2.70 bits per heavy atom. The van der Waals surface area contributed by atoms with Gasteiger partial charge < -0.3 is 10.2 Å². The molecule has 1 aromatic carbocycles. The first-order valence-corrected chi connectivity index (χ1v) is 8.22. The first-order valence-electron chi connectivity index (χ1n) is 8.22. The van der Waals surface area contributed by atoms with Crippen LogP contribution in [0.2, 0.25) is 0 Å². The van der Waals surface area contributed by atoms with Crippen LogP contribution in [0.3, 0.4) is 0 Å². The smallest absolute Gasteiger partial charge is 0.0396 e. The molecule has 1 N–H and O–H groups in total. The molecule has 1 aliphatic rings. The van der Waals surface area contributed by atoms with E-state index in [1.54, 1.807) is 0 Å². The first-order chi connectivity index (χ1) is 9.65. The minimum absolute atomic E-state index is 0.601. The average Bonchev–Trinajstić information content (AvgIpc) is 2.46. The minimum Gasteiger partial charge on any atom is -0.374 e. The summed E-state index contributed by atoms with van der Waals surface area (Å²) in [6.07, 6.45) is 5.04. The van der Waals surface area contributed by atoms with Gasteiger partial charge in [0.05, 0.1) is 0 Å². The number of fused-ring (bicyclic) bond motifs is 1. The summed E-state index contributed by atoms with van der Waals surface area (Å²) in [5, 5.41) is 3.71. The highest BCUT2D eigenvalue weighted by molar-refractivity contribution is 5.56. The Kier molecular flexibility index (Phi) is 5.47. The molecule has 0 bridgehead atoms. The normalized spacial score (nSPS) is 16.4. The zero-order valence-corrected chi connectivity index (χ0v) is 13.6. The van der Waals surface area contributed by atoms with Gasteiger partial charge in [-0.15, -0.1) is 0 Å². The van der Waals surface area contributed by atoms with Crippen LogP contribution in [0, 0.1) is 5.92 Å². The highest BCUT2D eigenvalue weighted by Crippen LogP contribution is 2.26. The Bertz CT molecular complexity index is 423. The molecule has 0 saturated heterocycles. The summed E-state index contributed by atoms with van der Waals surface area (Å²) in [7, 11) is 2.20.